The first kappa shape index (κ1) is 20.4. The first-order valence-corrected chi connectivity index (χ1v) is 8.19. The number of nitrogens with one attached hydrogen (secondary N) is 2. The van der Waals surface area contributed by atoms with Crippen LogP contribution in [0.15, 0.2) is 22.7 Å². The highest BCUT2D eigenvalue weighted by atomic mass is 19.2. The van der Waals surface area contributed by atoms with Gasteiger partial charge in [0.05, 0.1) is 24.5 Å². The highest BCUT2D eigenvalue weighted by Crippen LogP contribution is 2.19. The molecule has 2 N–H and O–H groups in total. The molecule has 0 unspecified atom stereocenters. The Bertz CT molecular complexity index is 826. The van der Waals surface area contributed by atoms with Crippen LogP contribution in [0.3, 0.4) is 0 Å². The molecule has 0 aliphatic rings. The third kappa shape index (κ3) is 5.81. The molecule has 0 saturated carbocycles. The monoisotopic (exact) mass is 384 g/mol. The maximum atomic E-state index is 13.6. The number of aryl methyl sites for hydroxylation is 1. The molecule has 0 spiro atoms. The molecule has 0 saturated heterocycles. The van der Waals surface area contributed by atoms with Crippen LogP contribution in [0.1, 0.15) is 19.0 Å². The topological polar surface area (TPSA) is 87.5 Å². The summed E-state index contributed by atoms with van der Waals surface area (Å²) in [6.45, 7) is 3.61. The maximum absolute atomic E-state index is 13.6. The van der Waals surface area contributed by atoms with E-state index in [0.29, 0.717) is 24.7 Å². The summed E-state index contributed by atoms with van der Waals surface area (Å²) in [6.07, 6.45) is 0.654. The number of nitrogens with zero attached hydrogens (tertiary/aromatic N) is 2. The van der Waals surface area contributed by atoms with E-state index < -0.39 is 35.0 Å². The van der Waals surface area contributed by atoms with Gasteiger partial charge < -0.3 is 9.84 Å². The Labute approximate surface area is 153 Å². The quantitative estimate of drug-likeness (QED) is 0.684. The fourth-order valence-electron chi connectivity index (χ4n) is 2.35. The van der Waals surface area contributed by atoms with Crippen LogP contribution in [0.4, 0.5) is 24.7 Å². The van der Waals surface area contributed by atoms with Crippen LogP contribution < -0.4 is 10.6 Å². The molecule has 0 radical (unpaired) electrons. The lowest BCUT2D eigenvalue weighted by Gasteiger charge is -2.20. The number of carbonyl (C=O) groups excluding carboxylic acids is 2. The van der Waals surface area contributed by atoms with Crippen molar-refractivity contribution < 1.29 is 27.3 Å². The molecule has 0 aliphatic heterocycles. The van der Waals surface area contributed by atoms with Crippen LogP contribution in [0.25, 0.3) is 0 Å². The Morgan fingerprint density at radius 2 is 1.78 bits per heavy atom. The van der Waals surface area contributed by atoms with Gasteiger partial charge in [-0.05, 0) is 32.0 Å². The van der Waals surface area contributed by atoms with Crippen molar-refractivity contribution in [1.82, 2.24) is 10.1 Å². The zero-order chi connectivity index (χ0) is 20.0. The van der Waals surface area contributed by atoms with E-state index in [1.807, 2.05) is 6.92 Å². The molecule has 0 aliphatic carbocycles. The number of anilines is 2. The third-order valence-electron chi connectivity index (χ3n) is 3.47. The summed E-state index contributed by atoms with van der Waals surface area (Å²) in [4.78, 5) is 25.7. The average Bonchev–Trinajstić information content (AvgIpc) is 3.00. The van der Waals surface area contributed by atoms with Gasteiger partial charge >= 0.3 is 0 Å². The summed E-state index contributed by atoms with van der Waals surface area (Å²) in [5.41, 5.74) is 0.126. The van der Waals surface area contributed by atoms with Crippen LogP contribution in [0.2, 0.25) is 0 Å². The molecular weight excluding hydrogens is 365 g/mol. The molecule has 2 rings (SSSR count). The largest absolute Gasteiger partial charge is 0.338 e. The molecular formula is C17H19F3N4O3. The Kier molecular flexibility index (Phi) is 6.94. The first-order chi connectivity index (χ1) is 12.8. The van der Waals surface area contributed by atoms with Gasteiger partial charge in [-0.15, -0.1) is 0 Å². The number of hydrogen-bond donors (Lipinski definition) is 2. The Morgan fingerprint density at radius 1 is 1.11 bits per heavy atom. The number of carbonyl (C=O) groups is 2. The van der Waals surface area contributed by atoms with Crippen molar-refractivity contribution >= 4 is 23.4 Å². The first-order valence-electron chi connectivity index (χ1n) is 8.19. The summed E-state index contributed by atoms with van der Waals surface area (Å²) in [5, 5.41) is 8.32. The van der Waals surface area contributed by atoms with Crippen molar-refractivity contribution in [3.8, 4) is 0 Å². The minimum atomic E-state index is -1.67. The van der Waals surface area contributed by atoms with Gasteiger partial charge in [0, 0.05) is 6.07 Å². The second kappa shape index (κ2) is 9.17. The highest BCUT2D eigenvalue weighted by molar-refractivity contribution is 5.94. The van der Waals surface area contributed by atoms with E-state index in [1.54, 1.807) is 13.0 Å². The summed E-state index contributed by atoms with van der Waals surface area (Å²) >= 11 is 0. The normalized spacial score (nSPS) is 10.9. The van der Waals surface area contributed by atoms with Gasteiger partial charge in [0.25, 0.3) is 0 Å². The van der Waals surface area contributed by atoms with E-state index >= 15 is 0 Å². The molecule has 1 aromatic carbocycles. The molecule has 2 amide bonds. The molecule has 27 heavy (non-hydrogen) atoms. The van der Waals surface area contributed by atoms with Crippen LogP contribution in [-0.2, 0) is 9.59 Å². The SMILES string of the molecule is CCCN(CC(=O)Nc1cc(C)no1)CC(=O)Nc1ccc(F)c(F)c1F. The second-order valence-electron chi connectivity index (χ2n) is 5.86. The van der Waals surface area contributed by atoms with Crippen molar-refractivity contribution in [3.05, 3.63) is 41.3 Å². The lowest BCUT2D eigenvalue weighted by Crippen LogP contribution is -2.39. The molecule has 146 valence electrons. The molecule has 2 aromatic rings. The second-order valence-corrected chi connectivity index (χ2v) is 5.86. The number of rotatable bonds is 8. The zero-order valence-electron chi connectivity index (χ0n) is 14.8. The molecule has 0 atom stereocenters. The Hall–Kier alpha value is -2.88. The predicted octanol–water partition coefficient (Wildman–Crippen LogP) is 2.69. The molecule has 0 bridgehead atoms. The summed E-state index contributed by atoms with van der Waals surface area (Å²) in [6, 6.07) is 3.18. The number of aromatic nitrogens is 1. The van der Waals surface area contributed by atoms with E-state index in [2.05, 4.69) is 15.8 Å². The summed E-state index contributed by atoms with van der Waals surface area (Å²) < 4.78 is 44.7. The highest BCUT2D eigenvalue weighted by Gasteiger charge is 2.18. The molecule has 1 aromatic heterocycles. The smallest absolute Gasteiger partial charge is 0.240 e. The van der Waals surface area contributed by atoms with E-state index in [9.17, 15) is 22.8 Å². The van der Waals surface area contributed by atoms with Gasteiger partial charge in [0.15, 0.2) is 17.5 Å². The van der Waals surface area contributed by atoms with Crippen molar-refractivity contribution in [1.29, 1.82) is 0 Å². The summed E-state index contributed by atoms with van der Waals surface area (Å²) in [5.74, 6) is -5.41. The standard InChI is InChI=1S/C17H19F3N4O3/c1-3-6-24(9-14(26)22-15-7-10(2)23-27-15)8-13(25)21-12-5-4-11(18)16(19)17(12)20/h4-5,7H,3,6,8-9H2,1-2H3,(H,21,25)(H,22,26). The fourth-order valence-corrected chi connectivity index (χ4v) is 2.35. The van der Waals surface area contributed by atoms with E-state index in [1.165, 1.54) is 4.90 Å². The fraction of sp³-hybridized carbons (Fsp3) is 0.353. The van der Waals surface area contributed by atoms with Crippen molar-refractivity contribution in [2.24, 2.45) is 0 Å². The minimum absolute atomic E-state index is 0.124. The minimum Gasteiger partial charge on any atom is -0.338 e. The van der Waals surface area contributed by atoms with Crippen molar-refractivity contribution in [2.45, 2.75) is 20.3 Å². The maximum Gasteiger partial charge on any atom is 0.240 e. The van der Waals surface area contributed by atoms with E-state index in [0.717, 1.165) is 6.07 Å². The van der Waals surface area contributed by atoms with Gasteiger partial charge in [0.1, 0.15) is 0 Å². The van der Waals surface area contributed by atoms with Crippen LogP contribution in [0, 0.1) is 24.4 Å². The number of halogens is 3. The van der Waals surface area contributed by atoms with Gasteiger partial charge in [-0.25, -0.2) is 13.2 Å². The Morgan fingerprint density at radius 3 is 2.37 bits per heavy atom. The Balaban J connectivity index is 1.95. The van der Waals surface area contributed by atoms with Crippen LogP contribution in [0.5, 0.6) is 0 Å². The van der Waals surface area contributed by atoms with Gasteiger partial charge in [-0.2, -0.15) is 0 Å². The van der Waals surface area contributed by atoms with Crippen LogP contribution in [-0.4, -0.2) is 41.5 Å². The van der Waals surface area contributed by atoms with E-state index in [4.69, 9.17) is 4.52 Å². The third-order valence-corrected chi connectivity index (χ3v) is 3.47. The van der Waals surface area contributed by atoms with Crippen LogP contribution >= 0.6 is 0 Å². The molecule has 10 heteroatoms. The van der Waals surface area contributed by atoms with Gasteiger partial charge in [0.2, 0.25) is 17.7 Å². The van der Waals surface area contributed by atoms with Gasteiger partial charge in [-0.3, -0.25) is 19.8 Å². The van der Waals surface area contributed by atoms with Crippen molar-refractivity contribution in [3.63, 3.8) is 0 Å². The number of amides is 2. The lowest BCUT2D eigenvalue weighted by atomic mass is 10.2. The molecule has 1 heterocycles. The number of benzene rings is 1. The molecule has 7 nitrogen and oxygen atoms in total. The average molecular weight is 384 g/mol. The number of hydrogen-bond acceptors (Lipinski definition) is 5. The predicted molar refractivity (Wildman–Crippen MR) is 91.5 cm³/mol. The zero-order valence-corrected chi connectivity index (χ0v) is 14.8. The van der Waals surface area contributed by atoms with Gasteiger partial charge in [-0.1, -0.05) is 12.1 Å². The molecule has 0 fully saturated rings. The van der Waals surface area contributed by atoms with Crippen molar-refractivity contribution in [2.75, 3.05) is 30.3 Å². The summed E-state index contributed by atoms with van der Waals surface area (Å²) in [7, 11) is 0. The van der Waals surface area contributed by atoms with E-state index in [-0.39, 0.29) is 19.0 Å². The lowest BCUT2D eigenvalue weighted by molar-refractivity contribution is -0.120.